The second-order valence-electron chi connectivity index (χ2n) is 5.97. The van der Waals surface area contributed by atoms with Crippen LogP contribution in [0, 0.1) is 5.92 Å². The Morgan fingerprint density at radius 1 is 1.23 bits per heavy atom. The lowest BCUT2D eigenvalue weighted by molar-refractivity contribution is -0.139. The lowest BCUT2D eigenvalue weighted by Crippen LogP contribution is -2.41. The van der Waals surface area contributed by atoms with Gasteiger partial charge in [-0.3, -0.25) is 9.59 Å². The fourth-order valence-corrected chi connectivity index (χ4v) is 3.26. The average Bonchev–Trinajstić information content (AvgIpc) is 2.50. The molecular weight excluding hydrogens is 377 g/mol. The number of alkyl halides is 3. The number of amides is 1. The number of hydrogen-bond acceptors (Lipinski definition) is 4. The Labute approximate surface area is 148 Å². The van der Waals surface area contributed by atoms with Gasteiger partial charge in [0.15, 0.2) is 0 Å². The molecule has 0 saturated heterocycles. The SMILES string of the molecule is CC(C)CC(NS(=O)(=O)c1cccc(C(=O)NCC(F)(F)F)c1)C(=O)O. The van der Waals surface area contributed by atoms with Crippen molar-refractivity contribution in [2.24, 2.45) is 5.92 Å². The summed E-state index contributed by atoms with van der Waals surface area (Å²) in [5.41, 5.74) is -0.298. The Morgan fingerprint density at radius 3 is 2.35 bits per heavy atom. The highest BCUT2D eigenvalue weighted by molar-refractivity contribution is 7.89. The molecule has 0 heterocycles. The van der Waals surface area contributed by atoms with Gasteiger partial charge >= 0.3 is 12.1 Å². The van der Waals surface area contributed by atoms with E-state index >= 15 is 0 Å². The first-order chi connectivity index (χ1) is 11.8. The number of rotatable bonds is 8. The highest BCUT2D eigenvalue weighted by Crippen LogP contribution is 2.16. The Morgan fingerprint density at radius 2 is 1.85 bits per heavy atom. The minimum atomic E-state index is -4.60. The lowest BCUT2D eigenvalue weighted by Gasteiger charge is -2.17. The standard InChI is InChI=1S/C15H19F3N2O5S/c1-9(2)6-12(14(22)23)20-26(24,25)11-5-3-4-10(7-11)13(21)19-8-15(16,17)18/h3-5,7,9,12,20H,6,8H2,1-2H3,(H,19,21)(H,22,23). The molecule has 0 aromatic heterocycles. The van der Waals surface area contributed by atoms with Crippen LogP contribution in [0.3, 0.4) is 0 Å². The number of benzene rings is 1. The quantitative estimate of drug-likeness (QED) is 0.620. The van der Waals surface area contributed by atoms with Crippen LogP contribution in [0.1, 0.15) is 30.6 Å². The number of hydrogen-bond donors (Lipinski definition) is 3. The van der Waals surface area contributed by atoms with Crippen molar-refractivity contribution >= 4 is 21.9 Å². The number of sulfonamides is 1. The maximum atomic E-state index is 12.3. The summed E-state index contributed by atoms with van der Waals surface area (Å²) in [5, 5.41) is 10.8. The van der Waals surface area contributed by atoms with Crippen LogP contribution in [0.2, 0.25) is 0 Å². The third-order valence-corrected chi connectivity index (χ3v) is 4.63. The van der Waals surface area contributed by atoms with Crippen LogP contribution in [0.5, 0.6) is 0 Å². The molecule has 11 heteroatoms. The number of aliphatic carboxylic acids is 1. The third kappa shape index (κ3) is 7.00. The van der Waals surface area contributed by atoms with Crippen LogP contribution in [0.15, 0.2) is 29.2 Å². The monoisotopic (exact) mass is 396 g/mol. The predicted octanol–water partition coefficient (Wildman–Crippen LogP) is 1.76. The number of carboxylic acids is 1. The highest BCUT2D eigenvalue weighted by atomic mass is 32.2. The van der Waals surface area contributed by atoms with Crippen LogP contribution in [-0.4, -0.2) is 44.2 Å². The van der Waals surface area contributed by atoms with E-state index in [1.54, 1.807) is 19.2 Å². The molecule has 1 amide bonds. The molecule has 1 unspecified atom stereocenters. The van der Waals surface area contributed by atoms with E-state index in [9.17, 15) is 31.2 Å². The molecule has 0 aliphatic heterocycles. The fraction of sp³-hybridized carbons (Fsp3) is 0.467. The first-order valence-corrected chi connectivity index (χ1v) is 9.00. The summed E-state index contributed by atoms with van der Waals surface area (Å²) < 4.78 is 63.1. The van der Waals surface area contributed by atoms with Gasteiger partial charge in [0.2, 0.25) is 10.0 Å². The van der Waals surface area contributed by atoms with Gasteiger partial charge in [0.25, 0.3) is 5.91 Å². The topological polar surface area (TPSA) is 113 Å². The van der Waals surface area contributed by atoms with Gasteiger partial charge in [0.05, 0.1) is 4.90 Å². The first-order valence-electron chi connectivity index (χ1n) is 7.52. The molecule has 1 aromatic rings. The van der Waals surface area contributed by atoms with E-state index in [2.05, 4.69) is 0 Å². The normalized spacial score (nSPS) is 13.5. The van der Waals surface area contributed by atoms with Crippen molar-refractivity contribution in [2.75, 3.05) is 6.54 Å². The smallest absolute Gasteiger partial charge is 0.405 e. The van der Waals surface area contributed by atoms with Crippen molar-refractivity contribution in [1.29, 1.82) is 0 Å². The molecule has 1 rings (SSSR count). The molecule has 0 aliphatic carbocycles. The largest absolute Gasteiger partial charge is 0.480 e. The van der Waals surface area contributed by atoms with Crippen molar-refractivity contribution in [1.82, 2.24) is 10.0 Å². The van der Waals surface area contributed by atoms with Crippen molar-refractivity contribution in [3.05, 3.63) is 29.8 Å². The van der Waals surface area contributed by atoms with Crippen LogP contribution < -0.4 is 10.0 Å². The molecule has 3 N–H and O–H groups in total. The van der Waals surface area contributed by atoms with E-state index in [-0.39, 0.29) is 17.9 Å². The lowest BCUT2D eigenvalue weighted by atomic mass is 10.1. The number of carbonyl (C=O) groups is 2. The Balaban J connectivity index is 3.00. The molecule has 0 radical (unpaired) electrons. The summed E-state index contributed by atoms with van der Waals surface area (Å²) in [7, 11) is -4.28. The summed E-state index contributed by atoms with van der Waals surface area (Å²) in [6, 6.07) is 2.94. The van der Waals surface area contributed by atoms with Gasteiger partial charge in [0, 0.05) is 5.56 Å². The van der Waals surface area contributed by atoms with Crippen molar-refractivity contribution < 1.29 is 36.3 Å². The molecule has 0 fully saturated rings. The zero-order valence-corrected chi connectivity index (χ0v) is 14.8. The number of nitrogens with one attached hydrogen (secondary N) is 2. The van der Waals surface area contributed by atoms with Gasteiger partial charge in [-0.25, -0.2) is 8.42 Å². The maximum Gasteiger partial charge on any atom is 0.405 e. The summed E-state index contributed by atoms with van der Waals surface area (Å²) in [4.78, 5) is 22.5. The molecular formula is C15H19F3N2O5S. The second-order valence-corrected chi connectivity index (χ2v) is 7.68. The van der Waals surface area contributed by atoms with Gasteiger partial charge < -0.3 is 10.4 Å². The third-order valence-electron chi connectivity index (χ3n) is 3.16. The molecule has 0 spiro atoms. The van der Waals surface area contributed by atoms with Gasteiger partial charge in [-0.05, 0) is 30.5 Å². The molecule has 1 aromatic carbocycles. The number of carboxylic acid groups (broad SMARTS) is 1. The highest BCUT2D eigenvalue weighted by Gasteiger charge is 2.29. The van der Waals surface area contributed by atoms with Crippen LogP contribution in [-0.2, 0) is 14.8 Å². The van der Waals surface area contributed by atoms with E-state index in [1.807, 2.05) is 4.72 Å². The molecule has 1 atom stereocenters. The van der Waals surface area contributed by atoms with Crippen LogP contribution in [0.25, 0.3) is 0 Å². The fourth-order valence-electron chi connectivity index (χ4n) is 2.01. The van der Waals surface area contributed by atoms with Crippen molar-refractivity contribution in [3.8, 4) is 0 Å². The van der Waals surface area contributed by atoms with Gasteiger partial charge in [-0.2, -0.15) is 17.9 Å². The first kappa shape index (κ1) is 21.9. The zero-order valence-electron chi connectivity index (χ0n) is 14.0. The van der Waals surface area contributed by atoms with Crippen LogP contribution >= 0.6 is 0 Å². The van der Waals surface area contributed by atoms with Gasteiger partial charge in [0.1, 0.15) is 12.6 Å². The van der Waals surface area contributed by atoms with E-state index in [0.29, 0.717) is 0 Å². The number of halogens is 3. The van der Waals surface area contributed by atoms with E-state index < -0.39 is 45.6 Å². The van der Waals surface area contributed by atoms with Crippen molar-refractivity contribution in [2.45, 2.75) is 37.4 Å². The Kier molecular flexibility index (Phi) is 7.16. The van der Waals surface area contributed by atoms with Crippen LogP contribution in [0.4, 0.5) is 13.2 Å². The van der Waals surface area contributed by atoms with Crippen molar-refractivity contribution in [3.63, 3.8) is 0 Å². The maximum absolute atomic E-state index is 12.3. The number of carbonyl (C=O) groups excluding carboxylic acids is 1. The summed E-state index contributed by atoms with van der Waals surface area (Å²) >= 11 is 0. The Hall–Kier alpha value is -2.14. The van der Waals surface area contributed by atoms with E-state index in [0.717, 1.165) is 18.2 Å². The summed E-state index contributed by atoms with van der Waals surface area (Å²) in [5.74, 6) is -2.56. The second kappa shape index (κ2) is 8.49. The minimum absolute atomic E-state index is 0.0420. The molecule has 146 valence electrons. The molecule has 0 aliphatic rings. The average molecular weight is 396 g/mol. The van der Waals surface area contributed by atoms with E-state index in [1.165, 1.54) is 6.07 Å². The molecule has 7 nitrogen and oxygen atoms in total. The molecule has 0 saturated carbocycles. The summed E-state index contributed by atoms with van der Waals surface area (Å²) in [6.07, 6.45) is -4.56. The van der Waals surface area contributed by atoms with E-state index in [4.69, 9.17) is 5.11 Å². The zero-order chi connectivity index (χ0) is 20.1. The predicted molar refractivity (Wildman–Crippen MR) is 86.0 cm³/mol. The molecule has 0 bridgehead atoms. The van der Waals surface area contributed by atoms with Gasteiger partial charge in [-0.1, -0.05) is 19.9 Å². The molecule has 26 heavy (non-hydrogen) atoms. The minimum Gasteiger partial charge on any atom is -0.480 e. The summed E-state index contributed by atoms with van der Waals surface area (Å²) in [6.45, 7) is 1.88. The van der Waals surface area contributed by atoms with Gasteiger partial charge in [-0.15, -0.1) is 0 Å². The Bertz CT molecular complexity index is 763.